The highest BCUT2D eigenvalue weighted by Gasteiger charge is 2.33. The van der Waals surface area contributed by atoms with Crippen molar-refractivity contribution in [3.63, 3.8) is 0 Å². The molecule has 6 nitrogen and oxygen atoms in total. The highest BCUT2D eigenvalue weighted by atomic mass is 16.5. The molecule has 2 heterocycles. The van der Waals surface area contributed by atoms with E-state index in [9.17, 15) is 9.59 Å². The summed E-state index contributed by atoms with van der Waals surface area (Å²) in [6, 6.07) is 7.82. The molecule has 0 saturated carbocycles. The number of rotatable bonds is 5. The number of hydrogen-bond acceptors (Lipinski definition) is 4. The second-order valence-corrected chi connectivity index (χ2v) is 6.37. The quantitative estimate of drug-likeness (QED) is 0.861. The molecule has 0 bridgehead atoms. The maximum atomic E-state index is 12.6. The molecule has 2 aliphatic rings. The van der Waals surface area contributed by atoms with Crippen LogP contribution in [-0.4, -0.2) is 67.0 Å². The van der Waals surface area contributed by atoms with Crippen LogP contribution in [-0.2, 0) is 16.0 Å². The normalized spacial score (nSPS) is 20.4. The van der Waals surface area contributed by atoms with Gasteiger partial charge < -0.3 is 15.0 Å². The summed E-state index contributed by atoms with van der Waals surface area (Å²) in [5.74, 6) is 0.939. The van der Waals surface area contributed by atoms with Gasteiger partial charge in [-0.2, -0.15) is 0 Å². The fourth-order valence-electron chi connectivity index (χ4n) is 3.17. The van der Waals surface area contributed by atoms with Crippen LogP contribution in [0.15, 0.2) is 24.3 Å². The number of amides is 2. The van der Waals surface area contributed by atoms with Gasteiger partial charge in [0, 0.05) is 39.1 Å². The zero-order chi connectivity index (χ0) is 16.9. The van der Waals surface area contributed by atoms with Crippen LogP contribution in [0.1, 0.15) is 18.9 Å². The Morgan fingerprint density at radius 3 is 2.67 bits per heavy atom. The van der Waals surface area contributed by atoms with E-state index in [4.69, 9.17) is 4.74 Å². The number of piperazine rings is 1. The van der Waals surface area contributed by atoms with E-state index in [1.807, 2.05) is 36.1 Å². The lowest BCUT2D eigenvalue weighted by molar-refractivity contribution is -0.139. The molecule has 0 radical (unpaired) electrons. The third kappa shape index (κ3) is 3.87. The molecule has 130 valence electrons. The van der Waals surface area contributed by atoms with Crippen LogP contribution in [0.4, 0.5) is 0 Å². The van der Waals surface area contributed by atoms with E-state index >= 15 is 0 Å². The summed E-state index contributed by atoms with van der Waals surface area (Å²) in [7, 11) is 0. The molecule has 0 aliphatic carbocycles. The highest BCUT2D eigenvalue weighted by molar-refractivity contribution is 5.83. The van der Waals surface area contributed by atoms with Gasteiger partial charge in [0.15, 0.2) is 6.10 Å². The molecule has 1 atom stereocenters. The Labute approximate surface area is 142 Å². The van der Waals surface area contributed by atoms with E-state index < -0.39 is 6.10 Å². The van der Waals surface area contributed by atoms with Crippen LogP contribution in [0.3, 0.4) is 0 Å². The Morgan fingerprint density at radius 2 is 1.96 bits per heavy atom. The van der Waals surface area contributed by atoms with Gasteiger partial charge in [-0.1, -0.05) is 25.1 Å². The molecule has 1 saturated heterocycles. The van der Waals surface area contributed by atoms with Gasteiger partial charge in [-0.3, -0.25) is 14.5 Å². The summed E-state index contributed by atoms with van der Waals surface area (Å²) in [6.45, 7) is 5.92. The standard InChI is InChI=1S/C18H25N3O3/c1-2-7-19-17(22)13-20-8-10-21(11-9-20)18(23)16-12-14-5-3-4-6-15(14)24-16/h3-6,16H,2,7-13H2,1H3,(H,19,22). The van der Waals surface area contributed by atoms with Gasteiger partial charge in [0.25, 0.3) is 5.91 Å². The topological polar surface area (TPSA) is 61.9 Å². The zero-order valence-corrected chi connectivity index (χ0v) is 14.2. The maximum absolute atomic E-state index is 12.6. The number of fused-ring (bicyclic) bond motifs is 1. The molecule has 24 heavy (non-hydrogen) atoms. The first-order chi connectivity index (χ1) is 11.7. The van der Waals surface area contributed by atoms with Crippen LogP contribution >= 0.6 is 0 Å². The number of nitrogens with zero attached hydrogens (tertiary/aromatic N) is 2. The Hall–Kier alpha value is -2.08. The summed E-state index contributed by atoms with van der Waals surface area (Å²) >= 11 is 0. The number of ether oxygens (including phenoxy) is 1. The summed E-state index contributed by atoms with van der Waals surface area (Å²) in [6.07, 6.45) is 1.19. The fraction of sp³-hybridized carbons (Fsp3) is 0.556. The van der Waals surface area contributed by atoms with Gasteiger partial charge in [0.05, 0.1) is 6.54 Å². The van der Waals surface area contributed by atoms with E-state index in [0.29, 0.717) is 26.1 Å². The van der Waals surface area contributed by atoms with Crippen molar-refractivity contribution >= 4 is 11.8 Å². The third-order valence-corrected chi connectivity index (χ3v) is 4.55. The number of nitrogens with one attached hydrogen (secondary N) is 1. The summed E-state index contributed by atoms with van der Waals surface area (Å²) in [5, 5.41) is 2.89. The summed E-state index contributed by atoms with van der Waals surface area (Å²) in [4.78, 5) is 28.4. The summed E-state index contributed by atoms with van der Waals surface area (Å²) < 4.78 is 5.79. The molecule has 1 aromatic rings. The maximum Gasteiger partial charge on any atom is 0.264 e. The first-order valence-corrected chi connectivity index (χ1v) is 8.69. The predicted molar refractivity (Wildman–Crippen MR) is 90.9 cm³/mol. The van der Waals surface area contributed by atoms with Crippen molar-refractivity contribution in [2.24, 2.45) is 0 Å². The zero-order valence-electron chi connectivity index (χ0n) is 14.2. The number of carbonyl (C=O) groups is 2. The lowest BCUT2D eigenvalue weighted by Gasteiger charge is -2.35. The van der Waals surface area contributed by atoms with E-state index in [1.165, 1.54) is 0 Å². The fourth-order valence-corrected chi connectivity index (χ4v) is 3.17. The summed E-state index contributed by atoms with van der Waals surface area (Å²) in [5.41, 5.74) is 1.10. The largest absolute Gasteiger partial charge is 0.480 e. The van der Waals surface area contributed by atoms with Crippen LogP contribution in [0.25, 0.3) is 0 Å². The van der Waals surface area contributed by atoms with Gasteiger partial charge in [-0.05, 0) is 18.1 Å². The molecule has 2 amide bonds. The minimum atomic E-state index is -0.401. The molecule has 1 unspecified atom stereocenters. The van der Waals surface area contributed by atoms with Gasteiger partial charge in [-0.25, -0.2) is 0 Å². The van der Waals surface area contributed by atoms with Gasteiger partial charge in [0.1, 0.15) is 5.75 Å². The number of para-hydroxylation sites is 1. The minimum Gasteiger partial charge on any atom is -0.480 e. The third-order valence-electron chi connectivity index (χ3n) is 4.55. The minimum absolute atomic E-state index is 0.0567. The van der Waals surface area contributed by atoms with Crippen molar-refractivity contribution in [3.05, 3.63) is 29.8 Å². The smallest absolute Gasteiger partial charge is 0.264 e. The van der Waals surface area contributed by atoms with Crippen LogP contribution in [0, 0.1) is 0 Å². The molecule has 6 heteroatoms. The van der Waals surface area contributed by atoms with E-state index in [0.717, 1.165) is 37.4 Å². The van der Waals surface area contributed by atoms with E-state index in [-0.39, 0.29) is 11.8 Å². The molecule has 3 rings (SSSR count). The average molecular weight is 331 g/mol. The SMILES string of the molecule is CCCNC(=O)CN1CCN(C(=O)C2Cc3ccccc3O2)CC1. The predicted octanol–water partition coefficient (Wildman–Crippen LogP) is 0.661. The van der Waals surface area contributed by atoms with Gasteiger partial charge >= 0.3 is 0 Å². The van der Waals surface area contributed by atoms with Crippen molar-refractivity contribution in [3.8, 4) is 5.75 Å². The Kier molecular flexibility index (Phi) is 5.35. The first-order valence-electron chi connectivity index (χ1n) is 8.69. The van der Waals surface area contributed by atoms with Crippen LogP contribution in [0.5, 0.6) is 5.75 Å². The van der Waals surface area contributed by atoms with Crippen molar-refractivity contribution in [2.45, 2.75) is 25.9 Å². The van der Waals surface area contributed by atoms with Crippen LogP contribution < -0.4 is 10.1 Å². The van der Waals surface area contributed by atoms with Crippen molar-refractivity contribution in [2.75, 3.05) is 39.3 Å². The van der Waals surface area contributed by atoms with Crippen molar-refractivity contribution < 1.29 is 14.3 Å². The highest BCUT2D eigenvalue weighted by Crippen LogP contribution is 2.29. The monoisotopic (exact) mass is 331 g/mol. The number of hydrogen-bond donors (Lipinski definition) is 1. The van der Waals surface area contributed by atoms with Crippen molar-refractivity contribution in [1.29, 1.82) is 0 Å². The van der Waals surface area contributed by atoms with E-state index in [2.05, 4.69) is 10.2 Å². The molecular weight excluding hydrogens is 306 g/mol. The van der Waals surface area contributed by atoms with Gasteiger partial charge in [-0.15, -0.1) is 0 Å². The van der Waals surface area contributed by atoms with E-state index in [1.54, 1.807) is 0 Å². The molecule has 0 aromatic heterocycles. The Balaban J connectivity index is 1.45. The Bertz CT molecular complexity index is 572. The van der Waals surface area contributed by atoms with Crippen molar-refractivity contribution in [1.82, 2.24) is 15.1 Å². The molecule has 1 N–H and O–H groups in total. The molecule has 1 aromatic carbocycles. The number of carbonyl (C=O) groups excluding carboxylic acids is 2. The van der Waals surface area contributed by atoms with Crippen LogP contribution in [0.2, 0.25) is 0 Å². The second-order valence-electron chi connectivity index (χ2n) is 6.37. The second kappa shape index (κ2) is 7.66. The van der Waals surface area contributed by atoms with Gasteiger partial charge in [0.2, 0.25) is 5.91 Å². The molecular formula is C18H25N3O3. The average Bonchev–Trinajstić information content (AvgIpc) is 3.04. The molecule has 0 spiro atoms. The molecule has 1 fully saturated rings. The first kappa shape index (κ1) is 16.8. The number of benzene rings is 1. The lowest BCUT2D eigenvalue weighted by Crippen LogP contribution is -2.53. The lowest BCUT2D eigenvalue weighted by atomic mass is 10.1. The Morgan fingerprint density at radius 1 is 1.21 bits per heavy atom. The molecule has 2 aliphatic heterocycles.